The number of amides is 1. The number of ether oxygens (including phenoxy) is 3. The number of hydrogen-bond acceptors (Lipinski definition) is 4. The minimum absolute atomic E-state index is 0.0788. The van der Waals surface area contributed by atoms with Gasteiger partial charge in [-0.15, -0.1) is 0 Å². The number of carbonyl (C=O) groups is 1. The molecule has 1 atom stereocenters. The Labute approximate surface area is 142 Å². The highest BCUT2D eigenvalue weighted by Crippen LogP contribution is 2.29. The molecule has 0 radical (unpaired) electrons. The lowest BCUT2D eigenvalue weighted by Gasteiger charge is -2.18. The third-order valence-electron chi connectivity index (χ3n) is 3.83. The Balaban J connectivity index is 2.09. The molecule has 5 nitrogen and oxygen atoms in total. The van der Waals surface area contributed by atoms with Gasteiger partial charge in [-0.1, -0.05) is 18.2 Å². The van der Waals surface area contributed by atoms with Gasteiger partial charge in [0, 0.05) is 17.2 Å². The van der Waals surface area contributed by atoms with Crippen LogP contribution in [0.15, 0.2) is 42.5 Å². The topological polar surface area (TPSA) is 56.8 Å². The van der Waals surface area contributed by atoms with E-state index in [9.17, 15) is 4.79 Å². The fourth-order valence-corrected chi connectivity index (χ4v) is 2.57. The predicted octanol–water partition coefficient (Wildman–Crippen LogP) is 3.13. The summed E-state index contributed by atoms with van der Waals surface area (Å²) in [6, 6.07) is 12.9. The molecule has 0 bridgehead atoms. The molecule has 0 aliphatic carbocycles. The van der Waals surface area contributed by atoms with Gasteiger partial charge in [-0.3, -0.25) is 4.79 Å². The van der Waals surface area contributed by atoms with Crippen LogP contribution in [0.3, 0.4) is 0 Å². The minimum atomic E-state index is -0.187. The van der Waals surface area contributed by atoms with Crippen LogP contribution in [0.4, 0.5) is 0 Å². The third kappa shape index (κ3) is 4.19. The molecule has 5 heteroatoms. The fraction of sp³-hybridized carbons (Fsp3) is 0.316. The van der Waals surface area contributed by atoms with Gasteiger partial charge < -0.3 is 19.5 Å². The van der Waals surface area contributed by atoms with E-state index in [0.29, 0.717) is 17.2 Å². The summed E-state index contributed by atoms with van der Waals surface area (Å²) in [5, 5.41) is 2.99. The van der Waals surface area contributed by atoms with E-state index in [1.165, 1.54) is 0 Å². The molecule has 2 rings (SSSR count). The SMILES string of the molecule is COc1ccc(C(C)NC(=O)Cc2ccccc2OC)c(OC)c1. The van der Waals surface area contributed by atoms with Gasteiger partial charge in [-0.05, 0) is 25.1 Å². The molecule has 0 aromatic heterocycles. The van der Waals surface area contributed by atoms with Crippen LogP contribution in [-0.4, -0.2) is 27.2 Å². The van der Waals surface area contributed by atoms with E-state index >= 15 is 0 Å². The smallest absolute Gasteiger partial charge is 0.225 e. The standard InChI is InChI=1S/C19H23NO4/c1-13(16-10-9-15(22-2)12-18(16)24-4)20-19(21)11-14-7-5-6-8-17(14)23-3/h5-10,12-13H,11H2,1-4H3,(H,20,21). The summed E-state index contributed by atoms with van der Waals surface area (Å²) in [7, 11) is 4.80. The second-order valence-electron chi connectivity index (χ2n) is 5.39. The van der Waals surface area contributed by atoms with Gasteiger partial charge in [0.25, 0.3) is 0 Å². The van der Waals surface area contributed by atoms with Crippen LogP contribution >= 0.6 is 0 Å². The first-order valence-corrected chi connectivity index (χ1v) is 7.72. The zero-order valence-corrected chi connectivity index (χ0v) is 14.5. The second-order valence-corrected chi connectivity index (χ2v) is 5.39. The first-order chi connectivity index (χ1) is 11.6. The van der Waals surface area contributed by atoms with Crippen molar-refractivity contribution in [1.29, 1.82) is 0 Å². The van der Waals surface area contributed by atoms with E-state index < -0.39 is 0 Å². The van der Waals surface area contributed by atoms with Gasteiger partial charge in [0.15, 0.2) is 0 Å². The molecule has 1 N–H and O–H groups in total. The number of para-hydroxylation sites is 1. The summed E-state index contributed by atoms with van der Waals surface area (Å²) in [6.07, 6.45) is 0.257. The molecule has 2 aromatic carbocycles. The van der Waals surface area contributed by atoms with Crippen molar-refractivity contribution in [3.05, 3.63) is 53.6 Å². The van der Waals surface area contributed by atoms with E-state index in [1.54, 1.807) is 27.4 Å². The number of nitrogens with one attached hydrogen (secondary N) is 1. The van der Waals surface area contributed by atoms with Crippen molar-refractivity contribution < 1.29 is 19.0 Å². The van der Waals surface area contributed by atoms with Gasteiger partial charge in [0.1, 0.15) is 17.2 Å². The number of rotatable bonds is 7. The molecule has 0 saturated carbocycles. The number of hydrogen-bond donors (Lipinski definition) is 1. The zero-order valence-electron chi connectivity index (χ0n) is 14.5. The van der Waals surface area contributed by atoms with Crippen LogP contribution in [0.1, 0.15) is 24.1 Å². The summed E-state index contributed by atoms with van der Waals surface area (Å²) in [5.41, 5.74) is 1.75. The van der Waals surface area contributed by atoms with Crippen molar-refractivity contribution in [2.24, 2.45) is 0 Å². The molecular weight excluding hydrogens is 306 g/mol. The Bertz CT molecular complexity index is 700. The fourth-order valence-electron chi connectivity index (χ4n) is 2.57. The first-order valence-electron chi connectivity index (χ1n) is 7.72. The normalized spacial score (nSPS) is 11.5. The largest absolute Gasteiger partial charge is 0.497 e. The summed E-state index contributed by atoms with van der Waals surface area (Å²) in [5.74, 6) is 2.02. The van der Waals surface area contributed by atoms with Crippen molar-refractivity contribution in [2.75, 3.05) is 21.3 Å². The van der Waals surface area contributed by atoms with E-state index in [4.69, 9.17) is 14.2 Å². The minimum Gasteiger partial charge on any atom is -0.497 e. The molecule has 0 heterocycles. The molecule has 1 amide bonds. The lowest BCUT2D eigenvalue weighted by Crippen LogP contribution is -2.28. The van der Waals surface area contributed by atoms with Crippen LogP contribution in [0, 0.1) is 0 Å². The second kappa shape index (κ2) is 8.24. The molecule has 0 aliphatic rings. The molecule has 0 spiro atoms. The van der Waals surface area contributed by atoms with Crippen molar-refractivity contribution in [1.82, 2.24) is 5.32 Å². The van der Waals surface area contributed by atoms with Gasteiger partial charge >= 0.3 is 0 Å². The molecule has 0 saturated heterocycles. The van der Waals surface area contributed by atoms with Crippen LogP contribution in [0.2, 0.25) is 0 Å². The maximum atomic E-state index is 12.4. The third-order valence-corrected chi connectivity index (χ3v) is 3.83. The monoisotopic (exact) mass is 329 g/mol. The lowest BCUT2D eigenvalue weighted by atomic mass is 10.1. The van der Waals surface area contributed by atoms with Crippen LogP contribution in [0.25, 0.3) is 0 Å². The van der Waals surface area contributed by atoms with Gasteiger partial charge in [-0.25, -0.2) is 0 Å². The van der Waals surface area contributed by atoms with Crippen LogP contribution < -0.4 is 19.5 Å². The number of methoxy groups -OCH3 is 3. The molecule has 2 aromatic rings. The predicted molar refractivity (Wildman–Crippen MR) is 92.8 cm³/mol. The Morgan fingerprint density at radius 3 is 2.38 bits per heavy atom. The van der Waals surface area contributed by atoms with E-state index in [1.807, 2.05) is 43.3 Å². The first kappa shape index (κ1) is 17.7. The van der Waals surface area contributed by atoms with Crippen molar-refractivity contribution in [3.63, 3.8) is 0 Å². The Hall–Kier alpha value is -2.69. The molecular formula is C19H23NO4. The lowest BCUT2D eigenvalue weighted by molar-refractivity contribution is -0.121. The highest BCUT2D eigenvalue weighted by molar-refractivity contribution is 5.79. The average Bonchev–Trinajstić information content (AvgIpc) is 2.61. The van der Waals surface area contributed by atoms with Crippen LogP contribution in [0.5, 0.6) is 17.2 Å². The van der Waals surface area contributed by atoms with Crippen molar-refractivity contribution in [2.45, 2.75) is 19.4 Å². The Morgan fingerprint density at radius 2 is 1.71 bits per heavy atom. The number of benzene rings is 2. The van der Waals surface area contributed by atoms with E-state index in [0.717, 1.165) is 11.1 Å². The Kier molecular flexibility index (Phi) is 6.07. The Morgan fingerprint density at radius 1 is 1.00 bits per heavy atom. The van der Waals surface area contributed by atoms with E-state index in [2.05, 4.69) is 5.32 Å². The summed E-state index contributed by atoms with van der Waals surface area (Å²) in [6.45, 7) is 1.92. The molecule has 24 heavy (non-hydrogen) atoms. The maximum Gasteiger partial charge on any atom is 0.225 e. The van der Waals surface area contributed by atoms with Gasteiger partial charge in [0.05, 0.1) is 33.8 Å². The van der Waals surface area contributed by atoms with E-state index in [-0.39, 0.29) is 18.4 Å². The van der Waals surface area contributed by atoms with Crippen molar-refractivity contribution >= 4 is 5.91 Å². The van der Waals surface area contributed by atoms with Crippen LogP contribution in [-0.2, 0) is 11.2 Å². The van der Waals surface area contributed by atoms with Gasteiger partial charge in [0.2, 0.25) is 5.91 Å². The maximum absolute atomic E-state index is 12.4. The highest BCUT2D eigenvalue weighted by Gasteiger charge is 2.16. The quantitative estimate of drug-likeness (QED) is 0.848. The summed E-state index contributed by atoms with van der Waals surface area (Å²) in [4.78, 5) is 12.4. The molecule has 128 valence electrons. The number of carbonyl (C=O) groups excluding carboxylic acids is 1. The highest BCUT2D eigenvalue weighted by atomic mass is 16.5. The molecule has 1 unspecified atom stereocenters. The summed E-state index contributed by atoms with van der Waals surface area (Å²) < 4.78 is 15.9. The molecule has 0 fully saturated rings. The van der Waals surface area contributed by atoms with Crippen molar-refractivity contribution in [3.8, 4) is 17.2 Å². The van der Waals surface area contributed by atoms with Gasteiger partial charge in [-0.2, -0.15) is 0 Å². The zero-order chi connectivity index (χ0) is 17.5. The summed E-state index contributed by atoms with van der Waals surface area (Å²) >= 11 is 0. The average molecular weight is 329 g/mol. The molecule has 0 aliphatic heterocycles.